The number of nitrogens with one attached hydrogen (secondary N) is 3. The van der Waals surface area contributed by atoms with Crippen molar-refractivity contribution in [1.29, 1.82) is 0 Å². The Morgan fingerprint density at radius 2 is 2.06 bits per heavy atom. The van der Waals surface area contributed by atoms with E-state index < -0.39 is 0 Å². The Morgan fingerprint density at radius 1 is 1.33 bits per heavy atom. The summed E-state index contributed by atoms with van der Waals surface area (Å²) in [5.41, 5.74) is 1.27. The second-order valence-corrected chi connectivity index (χ2v) is 4.95. The Labute approximate surface area is 110 Å². The number of amides is 2. The molecule has 0 spiro atoms. The number of hydrogen-bond donors (Lipinski definition) is 3. The zero-order valence-electron chi connectivity index (χ0n) is 10.0. The zero-order chi connectivity index (χ0) is 13.0. The van der Waals surface area contributed by atoms with Gasteiger partial charge >= 0.3 is 0 Å². The Morgan fingerprint density at radius 3 is 2.61 bits per heavy atom. The second-order valence-electron chi connectivity index (χ2n) is 3.92. The van der Waals surface area contributed by atoms with Gasteiger partial charge in [-0.05, 0) is 24.3 Å². The van der Waals surface area contributed by atoms with Crippen LogP contribution in [-0.2, 0) is 4.79 Å². The molecule has 96 valence electrons. The van der Waals surface area contributed by atoms with Crippen LogP contribution in [0.2, 0.25) is 0 Å². The molecule has 0 aromatic heterocycles. The summed E-state index contributed by atoms with van der Waals surface area (Å²) in [7, 11) is 1.58. The minimum absolute atomic E-state index is 0.0345. The van der Waals surface area contributed by atoms with Gasteiger partial charge in [0.25, 0.3) is 5.91 Å². The summed E-state index contributed by atoms with van der Waals surface area (Å²) < 4.78 is 0. The van der Waals surface area contributed by atoms with Crippen molar-refractivity contribution in [3.8, 4) is 0 Å². The van der Waals surface area contributed by atoms with Gasteiger partial charge in [-0.3, -0.25) is 14.9 Å². The molecule has 0 saturated carbocycles. The van der Waals surface area contributed by atoms with E-state index in [0.29, 0.717) is 11.3 Å². The van der Waals surface area contributed by atoms with Gasteiger partial charge in [-0.2, -0.15) is 0 Å². The molecule has 1 saturated heterocycles. The Hall–Kier alpha value is -1.53. The first-order valence-electron chi connectivity index (χ1n) is 5.65. The molecule has 0 aliphatic carbocycles. The van der Waals surface area contributed by atoms with Crippen molar-refractivity contribution < 1.29 is 9.59 Å². The SMILES string of the molecule is CNC(=O)c1ccc(NC(=O)C2CSCN2)cc1. The van der Waals surface area contributed by atoms with Crippen LogP contribution in [-0.4, -0.2) is 36.5 Å². The first-order chi connectivity index (χ1) is 8.70. The topological polar surface area (TPSA) is 70.2 Å². The average molecular weight is 265 g/mol. The monoisotopic (exact) mass is 265 g/mol. The molecule has 1 aliphatic rings. The van der Waals surface area contributed by atoms with Gasteiger partial charge in [0.1, 0.15) is 0 Å². The summed E-state index contributed by atoms with van der Waals surface area (Å²) >= 11 is 1.71. The van der Waals surface area contributed by atoms with Crippen LogP contribution in [0.5, 0.6) is 0 Å². The molecular formula is C12H15N3O2S. The van der Waals surface area contributed by atoms with Crippen LogP contribution in [0.3, 0.4) is 0 Å². The van der Waals surface area contributed by atoms with E-state index in [9.17, 15) is 9.59 Å². The molecule has 1 atom stereocenters. The van der Waals surface area contributed by atoms with E-state index in [1.807, 2.05) is 0 Å². The van der Waals surface area contributed by atoms with Gasteiger partial charge in [-0.1, -0.05) is 0 Å². The molecule has 0 radical (unpaired) electrons. The number of benzene rings is 1. The van der Waals surface area contributed by atoms with Crippen molar-refractivity contribution in [3.63, 3.8) is 0 Å². The molecule has 1 aromatic carbocycles. The fourth-order valence-corrected chi connectivity index (χ4v) is 2.58. The number of rotatable bonds is 3. The van der Waals surface area contributed by atoms with Crippen molar-refractivity contribution in [3.05, 3.63) is 29.8 Å². The minimum atomic E-state index is -0.137. The highest BCUT2D eigenvalue weighted by molar-refractivity contribution is 7.99. The Bertz CT molecular complexity index is 441. The molecule has 5 nitrogen and oxygen atoms in total. The maximum atomic E-state index is 11.8. The molecule has 0 bridgehead atoms. The van der Waals surface area contributed by atoms with E-state index in [1.165, 1.54) is 0 Å². The van der Waals surface area contributed by atoms with Gasteiger partial charge in [-0.15, -0.1) is 11.8 Å². The number of hydrogen-bond acceptors (Lipinski definition) is 4. The lowest BCUT2D eigenvalue weighted by atomic mass is 10.2. The summed E-state index contributed by atoms with van der Waals surface area (Å²) in [6, 6.07) is 6.69. The quantitative estimate of drug-likeness (QED) is 0.750. The summed E-state index contributed by atoms with van der Waals surface area (Å²) in [6.07, 6.45) is 0. The molecule has 1 heterocycles. The van der Waals surface area contributed by atoms with Gasteiger partial charge in [-0.25, -0.2) is 0 Å². The standard InChI is InChI=1S/C12H15N3O2S/c1-13-11(16)8-2-4-9(5-3-8)15-12(17)10-6-18-7-14-10/h2-5,10,14H,6-7H2,1H3,(H,13,16)(H,15,17). The van der Waals surface area contributed by atoms with Crippen LogP contribution in [0.1, 0.15) is 10.4 Å². The van der Waals surface area contributed by atoms with Crippen molar-refractivity contribution in [2.75, 3.05) is 24.0 Å². The Balaban J connectivity index is 1.97. The van der Waals surface area contributed by atoms with Crippen molar-refractivity contribution in [2.24, 2.45) is 0 Å². The predicted octanol–water partition coefficient (Wildman–Crippen LogP) is 0.647. The van der Waals surface area contributed by atoms with Gasteiger partial charge in [0.05, 0.1) is 6.04 Å². The fourth-order valence-electron chi connectivity index (χ4n) is 1.64. The average Bonchev–Trinajstić information content (AvgIpc) is 2.92. The maximum Gasteiger partial charge on any atom is 0.251 e. The van der Waals surface area contributed by atoms with Crippen LogP contribution < -0.4 is 16.0 Å². The zero-order valence-corrected chi connectivity index (χ0v) is 10.8. The van der Waals surface area contributed by atoms with E-state index in [0.717, 1.165) is 11.6 Å². The van der Waals surface area contributed by atoms with Gasteiger partial charge in [0.15, 0.2) is 0 Å². The third-order valence-corrected chi connectivity index (χ3v) is 3.61. The van der Waals surface area contributed by atoms with Crippen LogP contribution in [0.25, 0.3) is 0 Å². The number of thioether (sulfide) groups is 1. The highest BCUT2D eigenvalue weighted by atomic mass is 32.2. The van der Waals surface area contributed by atoms with Crippen molar-refractivity contribution >= 4 is 29.3 Å². The third kappa shape index (κ3) is 3.02. The smallest absolute Gasteiger partial charge is 0.251 e. The molecule has 2 amide bonds. The van der Waals surface area contributed by atoms with Crippen LogP contribution >= 0.6 is 11.8 Å². The largest absolute Gasteiger partial charge is 0.355 e. The van der Waals surface area contributed by atoms with Crippen LogP contribution in [0.4, 0.5) is 5.69 Å². The van der Waals surface area contributed by atoms with Crippen molar-refractivity contribution in [2.45, 2.75) is 6.04 Å². The normalized spacial score (nSPS) is 18.4. The predicted molar refractivity (Wildman–Crippen MR) is 72.7 cm³/mol. The number of carbonyl (C=O) groups is 2. The molecule has 3 N–H and O–H groups in total. The number of carbonyl (C=O) groups excluding carboxylic acids is 2. The number of anilines is 1. The van der Waals surface area contributed by atoms with E-state index >= 15 is 0 Å². The summed E-state index contributed by atoms with van der Waals surface area (Å²) in [4.78, 5) is 23.2. The molecule has 18 heavy (non-hydrogen) atoms. The molecule has 1 aliphatic heterocycles. The third-order valence-electron chi connectivity index (χ3n) is 2.67. The van der Waals surface area contributed by atoms with Gasteiger partial charge in [0, 0.05) is 29.9 Å². The van der Waals surface area contributed by atoms with E-state index in [2.05, 4.69) is 16.0 Å². The maximum absolute atomic E-state index is 11.8. The second kappa shape index (κ2) is 5.88. The molecule has 2 rings (SSSR count). The molecule has 1 unspecified atom stereocenters. The summed E-state index contributed by atoms with van der Waals surface area (Å²) in [6.45, 7) is 0. The lowest BCUT2D eigenvalue weighted by molar-refractivity contribution is -0.117. The first-order valence-corrected chi connectivity index (χ1v) is 6.80. The molecule has 1 fully saturated rings. The highest BCUT2D eigenvalue weighted by Crippen LogP contribution is 2.13. The van der Waals surface area contributed by atoms with E-state index in [-0.39, 0.29) is 17.9 Å². The fraction of sp³-hybridized carbons (Fsp3) is 0.333. The lowest BCUT2D eigenvalue weighted by Gasteiger charge is -2.10. The van der Waals surface area contributed by atoms with E-state index in [4.69, 9.17) is 0 Å². The lowest BCUT2D eigenvalue weighted by Crippen LogP contribution is -2.37. The Kier molecular flexibility index (Phi) is 4.22. The first kappa shape index (κ1) is 12.9. The molecule has 6 heteroatoms. The van der Waals surface area contributed by atoms with E-state index in [1.54, 1.807) is 43.1 Å². The highest BCUT2D eigenvalue weighted by Gasteiger charge is 2.22. The van der Waals surface area contributed by atoms with Crippen LogP contribution in [0.15, 0.2) is 24.3 Å². The summed E-state index contributed by atoms with van der Waals surface area (Å²) in [5.74, 6) is 1.44. The van der Waals surface area contributed by atoms with Crippen molar-refractivity contribution in [1.82, 2.24) is 10.6 Å². The minimum Gasteiger partial charge on any atom is -0.355 e. The van der Waals surface area contributed by atoms with Crippen LogP contribution in [0, 0.1) is 0 Å². The summed E-state index contributed by atoms with van der Waals surface area (Å²) in [5, 5.41) is 8.47. The van der Waals surface area contributed by atoms with Gasteiger partial charge < -0.3 is 10.6 Å². The van der Waals surface area contributed by atoms with Gasteiger partial charge in [0.2, 0.25) is 5.91 Å². The molecular weight excluding hydrogens is 250 g/mol. The molecule has 1 aromatic rings.